The highest BCUT2D eigenvalue weighted by Crippen LogP contribution is 2.18. The van der Waals surface area contributed by atoms with Crippen molar-refractivity contribution in [1.29, 1.82) is 0 Å². The summed E-state index contributed by atoms with van der Waals surface area (Å²) in [5.74, 6) is -1.27. The molecule has 0 spiro atoms. The molecule has 0 fully saturated rings. The van der Waals surface area contributed by atoms with Gasteiger partial charge in [-0.3, -0.25) is 4.79 Å². The molecule has 0 saturated heterocycles. The van der Waals surface area contributed by atoms with E-state index >= 15 is 0 Å². The second-order valence-corrected chi connectivity index (χ2v) is 4.79. The lowest BCUT2D eigenvalue weighted by atomic mass is 10.2. The lowest BCUT2D eigenvalue weighted by Gasteiger charge is -2.05. The Balaban J connectivity index is 2.05. The number of ether oxygens (including phenoxy) is 2. The molecule has 0 atom stereocenters. The second kappa shape index (κ2) is 7.92. The summed E-state index contributed by atoms with van der Waals surface area (Å²) in [5, 5.41) is 2.62. The van der Waals surface area contributed by atoms with Gasteiger partial charge >= 0.3 is 5.97 Å². The van der Waals surface area contributed by atoms with Crippen LogP contribution in [0.25, 0.3) is 6.08 Å². The third-order valence-corrected chi connectivity index (χ3v) is 3.15. The minimum Gasteiger partial charge on any atom is -0.494 e. The van der Waals surface area contributed by atoms with Crippen molar-refractivity contribution in [3.63, 3.8) is 0 Å². The Morgan fingerprint density at radius 2 is 1.92 bits per heavy atom. The number of hydrogen-bond donors (Lipinski definition) is 1. The van der Waals surface area contributed by atoms with E-state index in [2.05, 4.69) is 10.1 Å². The molecule has 2 rings (SSSR count). The number of carbonyl (C=O) groups excluding carboxylic acids is 2. The molecule has 1 amide bonds. The number of methoxy groups -OCH3 is 2. The number of benzene rings is 2. The molecule has 0 aliphatic carbocycles. The number of halogens is 1. The van der Waals surface area contributed by atoms with E-state index in [0.29, 0.717) is 16.8 Å². The molecule has 124 valence electrons. The Morgan fingerprint density at radius 1 is 1.12 bits per heavy atom. The maximum absolute atomic E-state index is 13.6. The molecule has 0 aliphatic heterocycles. The van der Waals surface area contributed by atoms with Crippen LogP contribution in [0.5, 0.6) is 5.75 Å². The molecule has 0 aromatic heterocycles. The number of nitrogens with one attached hydrogen (secondary N) is 1. The van der Waals surface area contributed by atoms with Crippen LogP contribution in [-0.4, -0.2) is 26.1 Å². The summed E-state index contributed by atoms with van der Waals surface area (Å²) < 4.78 is 23.0. The van der Waals surface area contributed by atoms with Crippen molar-refractivity contribution in [2.24, 2.45) is 0 Å². The standard InChI is InChI=1S/C18H16FNO4/c1-23-16-8-6-12(10-15(16)19)7-9-17(21)20-14-5-3-4-13(11-14)18(22)24-2/h3-11H,1-2H3,(H,20,21)/b9-7+. The largest absolute Gasteiger partial charge is 0.494 e. The fourth-order valence-electron chi connectivity index (χ4n) is 1.98. The summed E-state index contributed by atoms with van der Waals surface area (Å²) in [5.41, 5.74) is 1.30. The monoisotopic (exact) mass is 329 g/mol. The minimum atomic E-state index is -0.508. The van der Waals surface area contributed by atoms with E-state index < -0.39 is 17.7 Å². The van der Waals surface area contributed by atoms with Crippen molar-refractivity contribution in [2.75, 3.05) is 19.5 Å². The molecule has 0 saturated carbocycles. The first kappa shape index (κ1) is 17.2. The number of anilines is 1. The van der Waals surface area contributed by atoms with Gasteiger partial charge in [0.2, 0.25) is 5.91 Å². The summed E-state index contributed by atoms with van der Waals surface area (Å²) in [7, 11) is 2.66. The summed E-state index contributed by atoms with van der Waals surface area (Å²) in [6, 6.07) is 10.7. The first-order valence-electron chi connectivity index (χ1n) is 7.04. The fourth-order valence-corrected chi connectivity index (χ4v) is 1.98. The van der Waals surface area contributed by atoms with Crippen LogP contribution >= 0.6 is 0 Å². The molecule has 0 aliphatic rings. The van der Waals surface area contributed by atoms with E-state index in [1.165, 1.54) is 44.6 Å². The molecule has 0 bridgehead atoms. The van der Waals surface area contributed by atoms with Gasteiger partial charge in [-0.25, -0.2) is 9.18 Å². The van der Waals surface area contributed by atoms with E-state index in [-0.39, 0.29) is 5.75 Å². The van der Waals surface area contributed by atoms with Gasteiger partial charge < -0.3 is 14.8 Å². The van der Waals surface area contributed by atoms with E-state index in [0.717, 1.165) is 0 Å². The Bertz CT molecular complexity index is 786. The number of esters is 1. The van der Waals surface area contributed by atoms with Gasteiger partial charge in [-0.2, -0.15) is 0 Å². The highest BCUT2D eigenvalue weighted by Gasteiger charge is 2.07. The summed E-state index contributed by atoms with van der Waals surface area (Å²) >= 11 is 0. The van der Waals surface area contributed by atoms with Crippen molar-refractivity contribution in [3.05, 3.63) is 65.5 Å². The van der Waals surface area contributed by atoms with Gasteiger partial charge in [0.05, 0.1) is 19.8 Å². The number of hydrogen-bond acceptors (Lipinski definition) is 4. The van der Waals surface area contributed by atoms with Crippen LogP contribution in [-0.2, 0) is 9.53 Å². The number of rotatable bonds is 5. The first-order chi connectivity index (χ1) is 11.5. The predicted octanol–water partition coefficient (Wildman–Crippen LogP) is 3.27. The van der Waals surface area contributed by atoms with E-state index in [4.69, 9.17) is 4.74 Å². The third kappa shape index (κ3) is 4.42. The molecule has 2 aromatic rings. The SMILES string of the molecule is COC(=O)c1cccc(NC(=O)/C=C/c2ccc(OC)c(F)c2)c1. The van der Waals surface area contributed by atoms with Crippen molar-refractivity contribution >= 4 is 23.6 Å². The average molecular weight is 329 g/mol. The molecule has 0 radical (unpaired) electrons. The van der Waals surface area contributed by atoms with E-state index in [1.807, 2.05) is 0 Å². The molecule has 6 heteroatoms. The summed E-state index contributed by atoms with van der Waals surface area (Å²) in [6.45, 7) is 0. The van der Waals surface area contributed by atoms with Crippen molar-refractivity contribution in [3.8, 4) is 5.75 Å². The number of carbonyl (C=O) groups is 2. The molecular weight excluding hydrogens is 313 g/mol. The van der Waals surface area contributed by atoms with Crippen LogP contribution < -0.4 is 10.1 Å². The Kier molecular flexibility index (Phi) is 5.68. The van der Waals surface area contributed by atoms with Crippen LogP contribution in [0, 0.1) is 5.82 Å². The molecular formula is C18H16FNO4. The zero-order chi connectivity index (χ0) is 17.5. The Hall–Kier alpha value is -3.15. The van der Waals surface area contributed by atoms with Crippen molar-refractivity contribution in [1.82, 2.24) is 0 Å². The van der Waals surface area contributed by atoms with Crippen molar-refractivity contribution < 1.29 is 23.5 Å². The van der Waals surface area contributed by atoms with Gasteiger partial charge in [0, 0.05) is 11.8 Å². The topological polar surface area (TPSA) is 64.6 Å². The second-order valence-electron chi connectivity index (χ2n) is 4.79. The summed E-state index contributed by atoms with van der Waals surface area (Å²) in [4.78, 5) is 23.4. The smallest absolute Gasteiger partial charge is 0.337 e. The first-order valence-corrected chi connectivity index (χ1v) is 7.04. The average Bonchev–Trinajstić information content (AvgIpc) is 2.59. The molecule has 24 heavy (non-hydrogen) atoms. The van der Waals surface area contributed by atoms with Crippen LogP contribution in [0.15, 0.2) is 48.5 Å². The molecule has 1 N–H and O–H groups in total. The number of amides is 1. The van der Waals surface area contributed by atoms with Gasteiger partial charge in [-0.15, -0.1) is 0 Å². The van der Waals surface area contributed by atoms with Gasteiger partial charge in [0.15, 0.2) is 11.6 Å². The van der Waals surface area contributed by atoms with Crippen LogP contribution in [0.3, 0.4) is 0 Å². The molecule has 0 heterocycles. The minimum absolute atomic E-state index is 0.135. The third-order valence-electron chi connectivity index (χ3n) is 3.15. The zero-order valence-corrected chi connectivity index (χ0v) is 13.2. The Labute approximate surface area is 138 Å². The van der Waals surface area contributed by atoms with E-state index in [9.17, 15) is 14.0 Å². The lowest BCUT2D eigenvalue weighted by molar-refractivity contribution is -0.111. The van der Waals surface area contributed by atoms with Gasteiger partial charge in [0.1, 0.15) is 0 Å². The van der Waals surface area contributed by atoms with Gasteiger partial charge in [-0.05, 0) is 42.0 Å². The highest BCUT2D eigenvalue weighted by atomic mass is 19.1. The molecule has 5 nitrogen and oxygen atoms in total. The lowest BCUT2D eigenvalue weighted by Crippen LogP contribution is -2.09. The normalized spacial score (nSPS) is 10.5. The quantitative estimate of drug-likeness (QED) is 0.675. The summed E-state index contributed by atoms with van der Waals surface area (Å²) in [6.07, 6.45) is 2.74. The van der Waals surface area contributed by atoms with Gasteiger partial charge in [0.25, 0.3) is 0 Å². The van der Waals surface area contributed by atoms with Crippen LogP contribution in [0.1, 0.15) is 15.9 Å². The molecule has 2 aromatic carbocycles. The predicted molar refractivity (Wildman–Crippen MR) is 88.4 cm³/mol. The maximum Gasteiger partial charge on any atom is 0.337 e. The zero-order valence-electron chi connectivity index (χ0n) is 13.2. The van der Waals surface area contributed by atoms with Crippen LogP contribution in [0.2, 0.25) is 0 Å². The Morgan fingerprint density at radius 3 is 2.58 bits per heavy atom. The van der Waals surface area contributed by atoms with E-state index in [1.54, 1.807) is 24.3 Å². The maximum atomic E-state index is 13.6. The molecule has 0 unspecified atom stereocenters. The van der Waals surface area contributed by atoms with Crippen molar-refractivity contribution in [2.45, 2.75) is 0 Å². The fraction of sp³-hybridized carbons (Fsp3) is 0.111. The van der Waals surface area contributed by atoms with Gasteiger partial charge in [-0.1, -0.05) is 12.1 Å². The highest BCUT2D eigenvalue weighted by molar-refractivity contribution is 6.02. The van der Waals surface area contributed by atoms with Crippen LogP contribution in [0.4, 0.5) is 10.1 Å².